The molecule has 6 nitrogen and oxygen atoms in total. The number of aliphatic hydroxyl groups is 1. The Hall–Kier alpha value is -1.69. The summed E-state index contributed by atoms with van der Waals surface area (Å²) in [6, 6.07) is 1.61. The van der Waals surface area contributed by atoms with Crippen molar-refractivity contribution in [1.82, 2.24) is 4.98 Å². The molecular weight excluding hydrogens is 234 g/mol. The van der Waals surface area contributed by atoms with Gasteiger partial charge in [-0.05, 0) is 25.3 Å². The van der Waals surface area contributed by atoms with E-state index in [1.807, 2.05) is 13.8 Å². The summed E-state index contributed by atoms with van der Waals surface area (Å²) in [4.78, 5) is 14.1. The molecule has 0 aliphatic rings. The molecule has 6 heteroatoms. The Kier molecular flexibility index (Phi) is 5.03. The third-order valence-electron chi connectivity index (χ3n) is 2.54. The fourth-order valence-corrected chi connectivity index (χ4v) is 1.69. The van der Waals surface area contributed by atoms with Crippen LogP contribution in [0, 0.1) is 23.0 Å². The van der Waals surface area contributed by atoms with Crippen LogP contribution in [-0.4, -0.2) is 27.7 Å². The number of rotatable bonds is 6. The second-order valence-corrected chi connectivity index (χ2v) is 4.78. The number of nitrogens with zero attached hydrogens (tertiary/aromatic N) is 2. The average molecular weight is 253 g/mol. The van der Waals surface area contributed by atoms with Crippen LogP contribution in [0.2, 0.25) is 0 Å². The van der Waals surface area contributed by atoms with Crippen LogP contribution in [-0.2, 0) is 0 Å². The van der Waals surface area contributed by atoms with Crippen molar-refractivity contribution in [2.45, 2.75) is 33.3 Å². The van der Waals surface area contributed by atoms with Crippen LogP contribution >= 0.6 is 0 Å². The van der Waals surface area contributed by atoms with Gasteiger partial charge in [0.15, 0.2) is 0 Å². The summed E-state index contributed by atoms with van der Waals surface area (Å²) >= 11 is 0. The van der Waals surface area contributed by atoms with Crippen LogP contribution in [0.4, 0.5) is 11.5 Å². The zero-order chi connectivity index (χ0) is 13.7. The number of nitrogens with one attached hydrogen (secondary N) is 1. The average Bonchev–Trinajstić information content (AvgIpc) is 2.25. The molecule has 1 atom stereocenters. The number of pyridine rings is 1. The van der Waals surface area contributed by atoms with Crippen molar-refractivity contribution in [2.75, 3.05) is 11.9 Å². The predicted molar refractivity (Wildman–Crippen MR) is 69.6 cm³/mol. The molecule has 18 heavy (non-hydrogen) atoms. The zero-order valence-electron chi connectivity index (χ0n) is 10.9. The Labute approximate surface area is 106 Å². The Bertz CT molecular complexity index is 421. The molecule has 0 spiro atoms. The molecule has 0 aromatic carbocycles. The lowest BCUT2D eigenvalue weighted by atomic mass is 10.1. The first kappa shape index (κ1) is 14.4. The van der Waals surface area contributed by atoms with E-state index in [1.165, 1.54) is 6.20 Å². The highest BCUT2D eigenvalue weighted by Crippen LogP contribution is 2.18. The molecule has 1 heterocycles. The van der Waals surface area contributed by atoms with E-state index >= 15 is 0 Å². The fraction of sp³-hybridized carbons (Fsp3) is 0.583. The standard InChI is InChI=1S/C12H19N3O3/c1-8(2)4-10(16)6-13-12-5-9(3)11(7-14-12)15(17)18/h5,7-8,10,16H,4,6H2,1-3H3,(H,13,14). The van der Waals surface area contributed by atoms with Crippen molar-refractivity contribution >= 4 is 11.5 Å². The molecule has 0 fully saturated rings. The Morgan fingerprint density at radius 3 is 2.72 bits per heavy atom. The van der Waals surface area contributed by atoms with Gasteiger partial charge >= 0.3 is 0 Å². The Morgan fingerprint density at radius 1 is 1.56 bits per heavy atom. The maximum absolute atomic E-state index is 10.6. The lowest BCUT2D eigenvalue weighted by Gasteiger charge is -2.14. The molecule has 0 aliphatic heterocycles. The summed E-state index contributed by atoms with van der Waals surface area (Å²) < 4.78 is 0. The van der Waals surface area contributed by atoms with Crippen LogP contribution in [0.3, 0.4) is 0 Å². The number of aliphatic hydroxyl groups excluding tert-OH is 1. The maximum Gasteiger partial charge on any atom is 0.290 e. The largest absolute Gasteiger partial charge is 0.391 e. The van der Waals surface area contributed by atoms with E-state index in [1.54, 1.807) is 13.0 Å². The topological polar surface area (TPSA) is 88.3 Å². The summed E-state index contributed by atoms with van der Waals surface area (Å²) in [5.41, 5.74) is 0.555. The molecule has 1 aromatic rings. The van der Waals surface area contributed by atoms with Crippen molar-refractivity contribution in [3.8, 4) is 0 Å². The summed E-state index contributed by atoms with van der Waals surface area (Å²) in [7, 11) is 0. The van der Waals surface area contributed by atoms with Gasteiger partial charge in [-0.15, -0.1) is 0 Å². The highest BCUT2D eigenvalue weighted by molar-refractivity contribution is 5.46. The second-order valence-electron chi connectivity index (χ2n) is 4.78. The SMILES string of the molecule is Cc1cc(NCC(O)CC(C)C)ncc1[N+](=O)[O-]. The third kappa shape index (κ3) is 4.29. The van der Waals surface area contributed by atoms with Crippen LogP contribution < -0.4 is 5.32 Å². The first-order valence-corrected chi connectivity index (χ1v) is 5.93. The highest BCUT2D eigenvalue weighted by atomic mass is 16.6. The minimum atomic E-state index is -0.459. The maximum atomic E-state index is 10.6. The van der Waals surface area contributed by atoms with Gasteiger partial charge < -0.3 is 10.4 Å². The van der Waals surface area contributed by atoms with Crippen molar-refractivity contribution in [1.29, 1.82) is 0 Å². The summed E-state index contributed by atoms with van der Waals surface area (Å²) in [6.07, 6.45) is 1.49. The Balaban J connectivity index is 2.58. The van der Waals surface area contributed by atoms with E-state index in [0.717, 1.165) is 0 Å². The molecule has 2 N–H and O–H groups in total. The smallest absolute Gasteiger partial charge is 0.290 e. The summed E-state index contributed by atoms with van der Waals surface area (Å²) in [6.45, 7) is 6.13. The normalized spacial score (nSPS) is 12.5. The van der Waals surface area contributed by atoms with E-state index in [2.05, 4.69) is 10.3 Å². The van der Waals surface area contributed by atoms with E-state index in [9.17, 15) is 15.2 Å². The van der Waals surface area contributed by atoms with Gasteiger partial charge in [0.05, 0.1) is 11.0 Å². The minimum Gasteiger partial charge on any atom is -0.391 e. The molecule has 1 aromatic heterocycles. The van der Waals surface area contributed by atoms with Gasteiger partial charge in [0, 0.05) is 12.1 Å². The van der Waals surface area contributed by atoms with Gasteiger partial charge in [-0.25, -0.2) is 4.98 Å². The minimum absolute atomic E-state index is 0.00304. The number of hydrogen-bond acceptors (Lipinski definition) is 5. The third-order valence-corrected chi connectivity index (χ3v) is 2.54. The lowest BCUT2D eigenvalue weighted by molar-refractivity contribution is -0.385. The molecule has 0 saturated heterocycles. The summed E-state index contributed by atoms with van der Waals surface area (Å²) in [5, 5.41) is 23.3. The van der Waals surface area contributed by atoms with Gasteiger partial charge in [-0.1, -0.05) is 13.8 Å². The van der Waals surface area contributed by atoms with Crippen LogP contribution in [0.15, 0.2) is 12.3 Å². The summed E-state index contributed by atoms with van der Waals surface area (Å²) in [5.74, 6) is 0.967. The Morgan fingerprint density at radius 2 is 2.22 bits per heavy atom. The highest BCUT2D eigenvalue weighted by Gasteiger charge is 2.12. The molecule has 0 amide bonds. The van der Waals surface area contributed by atoms with Crippen LogP contribution in [0.5, 0.6) is 0 Å². The van der Waals surface area contributed by atoms with E-state index in [0.29, 0.717) is 30.3 Å². The van der Waals surface area contributed by atoms with E-state index < -0.39 is 11.0 Å². The zero-order valence-corrected chi connectivity index (χ0v) is 10.9. The van der Waals surface area contributed by atoms with Gasteiger partial charge in [0.25, 0.3) is 5.69 Å². The molecule has 1 unspecified atom stereocenters. The van der Waals surface area contributed by atoms with Crippen molar-refractivity contribution in [3.05, 3.63) is 27.9 Å². The van der Waals surface area contributed by atoms with E-state index in [-0.39, 0.29) is 5.69 Å². The molecule has 1 rings (SSSR count). The second kappa shape index (κ2) is 6.30. The number of aryl methyl sites for hydroxylation is 1. The monoisotopic (exact) mass is 253 g/mol. The molecule has 0 aliphatic carbocycles. The van der Waals surface area contributed by atoms with Crippen LogP contribution in [0.1, 0.15) is 25.8 Å². The number of hydrogen-bond donors (Lipinski definition) is 2. The number of aromatic nitrogens is 1. The number of anilines is 1. The first-order chi connectivity index (χ1) is 8.40. The number of nitro groups is 1. The predicted octanol–water partition coefficient (Wildman–Crippen LogP) is 2.12. The lowest BCUT2D eigenvalue weighted by Crippen LogP contribution is -2.21. The molecule has 0 saturated carbocycles. The van der Waals surface area contributed by atoms with Gasteiger partial charge in [-0.3, -0.25) is 10.1 Å². The molecule has 100 valence electrons. The van der Waals surface area contributed by atoms with Gasteiger partial charge in [0.2, 0.25) is 0 Å². The molecular formula is C12H19N3O3. The van der Waals surface area contributed by atoms with Gasteiger partial charge in [0.1, 0.15) is 12.0 Å². The fourth-order valence-electron chi connectivity index (χ4n) is 1.69. The van der Waals surface area contributed by atoms with E-state index in [4.69, 9.17) is 0 Å². The van der Waals surface area contributed by atoms with Crippen LogP contribution in [0.25, 0.3) is 0 Å². The molecule has 0 bridgehead atoms. The van der Waals surface area contributed by atoms with Crippen molar-refractivity contribution in [3.63, 3.8) is 0 Å². The van der Waals surface area contributed by atoms with Crippen molar-refractivity contribution in [2.24, 2.45) is 5.92 Å². The first-order valence-electron chi connectivity index (χ1n) is 5.93. The van der Waals surface area contributed by atoms with Crippen molar-refractivity contribution < 1.29 is 10.0 Å². The molecule has 0 radical (unpaired) electrons. The van der Waals surface area contributed by atoms with Gasteiger partial charge in [-0.2, -0.15) is 0 Å². The quantitative estimate of drug-likeness (QED) is 0.598.